The lowest BCUT2D eigenvalue weighted by atomic mass is 10.3. The first kappa shape index (κ1) is 9.55. The van der Waals surface area contributed by atoms with E-state index < -0.39 is 0 Å². The first-order chi connectivity index (χ1) is 7.36. The Morgan fingerprint density at radius 1 is 1.47 bits per heavy atom. The molecule has 0 atom stereocenters. The Morgan fingerprint density at radius 2 is 2.27 bits per heavy atom. The molecule has 0 N–H and O–H groups in total. The van der Waals surface area contributed by atoms with Crippen molar-refractivity contribution in [3.05, 3.63) is 40.5 Å². The first-order valence-corrected chi connectivity index (χ1v) is 4.81. The number of para-hydroxylation sites is 2. The van der Waals surface area contributed by atoms with Gasteiger partial charge in [-0.15, -0.1) is 0 Å². The van der Waals surface area contributed by atoms with Crippen molar-refractivity contribution < 1.29 is 0 Å². The smallest absolute Gasteiger partial charge is 0.115 e. The molecule has 2 aromatic rings. The lowest BCUT2D eigenvalue weighted by molar-refractivity contribution is 0.717. The van der Waals surface area contributed by atoms with Crippen LogP contribution in [0, 0.1) is 0 Å². The number of aromatic nitrogens is 2. The van der Waals surface area contributed by atoms with Gasteiger partial charge in [-0.05, 0) is 24.6 Å². The zero-order valence-electron chi connectivity index (χ0n) is 8.46. The van der Waals surface area contributed by atoms with Gasteiger partial charge in [0.05, 0.1) is 17.6 Å². The number of fused-ring (bicyclic) bond motifs is 1. The molecule has 1 aromatic carbocycles. The summed E-state index contributed by atoms with van der Waals surface area (Å²) < 4.78 is 2.06. The van der Waals surface area contributed by atoms with Crippen LogP contribution in [0.4, 0.5) is 0 Å². The highest BCUT2D eigenvalue weighted by Gasteiger charge is 2.06. The van der Waals surface area contributed by atoms with Crippen LogP contribution >= 0.6 is 0 Å². The molecule has 5 nitrogen and oxygen atoms in total. The molecule has 0 aliphatic carbocycles. The van der Waals surface area contributed by atoms with E-state index in [1.54, 1.807) is 0 Å². The summed E-state index contributed by atoms with van der Waals surface area (Å²) in [5, 5.41) is 3.54. The average molecular weight is 201 g/mol. The van der Waals surface area contributed by atoms with E-state index in [1.165, 1.54) is 0 Å². The molecular weight excluding hydrogens is 190 g/mol. The summed E-state index contributed by atoms with van der Waals surface area (Å²) in [4.78, 5) is 7.17. The Hall–Kier alpha value is -2.00. The topological polar surface area (TPSA) is 66.6 Å². The van der Waals surface area contributed by atoms with Gasteiger partial charge in [0, 0.05) is 11.5 Å². The highest BCUT2D eigenvalue weighted by atomic mass is 15.2. The Morgan fingerprint density at radius 3 is 3.00 bits per heavy atom. The molecule has 15 heavy (non-hydrogen) atoms. The molecule has 1 aromatic heterocycles. The Bertz CT molecular complexity index is 522. The normalized spacial score (nSPS) is 10.2. The van der Waals surface area contributed by atoms with Crippen LogP contribution in [0.3, 0.4) is 0 Å². The van der Waals surface area contributed by atoms with E-state index in [0.717, 1.165) is 23.4 Å². The molecule has 0 spiro atoms. The SMILES string of the molecule is CCn1c(CN=[N+]=[N-])nc2ccccc21. The maximum absolute atomic E-state index is 8.29. The molecule has 0 radical (unpaired) electrons. The highest BCUT2D eigenvalue weighted by Crippen LogP contribution is 2.16. The van der Waals surface area contributed by atoms with Crippen LogP contribution < -0.4 is 0 Å². The van der Waals surface area contributed by atoms with Gasteiger partial charge in [-0.25, -0.2) is 4.98 Å². The summed E-state index contributed by atoms with van der Waals surface area (Å²) in [6.45, 7) is 3.18. The molecular formula is C10H11N5. The van der Waals surface area contributed by atoms with Crippen LogP contribution in [0.15, 0.2) is 29.4 Å². The van der Waals surface area contributed by atoms with E-state index >= 15 is 0 Å². The zero-order chi connectivity index (χ0) is 10.7. The van der Waals surface area contributed by atoms with Crippen LogP contribution in [0.25, 0.3) is 21.5 Å². The monoisotopic (exact) mass is 201 g/mol. The van der Waals surface area contributed by atoms with Crippen LogP contribution in [0.1, 0.15) is 12.7 Å². The number of imidazole rings is 1. The van der Waals surface area contributed by atoms with Crippen molar-refractivity contribution in [1.82, 2.24) is 9.55 Å². The van der Waals surface area contributed by atoms with Crippen LogP contribution in [0.5, 0.6) is 0 Å². The second kappa shape index (κ2) is 4.02. The highest BCUT2D eigenvalue weighted by molar-refractivity contribution is 5.75. The third-order valence-electron chi connectivity index (χ3n) is 2.33. The van der Waals surface area contributed by atoms with E-state index in [9.17, 15) is 0 Å². The fourth-order valence-corrected chi connectivity index (χ4v) is 1.69. The summed E-state index contributed by atoms with van der Waals surface area (Å²) in [5.74, 6) is 0.816. The predicted octanol–water partition coefficient (Wildman–Crippen LogP) is 2.87. The molecule has 0 amide bonds. The summed E-state index contributed by atoms with van der Waals surface area (Å²) in [5.41, 5.74) is 10.3. The Balaban J connectivity index is 2.58. The summed E-state index contributed by atoms with van der Waals surface area (Å²) in [7, 11) is 0. The third kappa shape index (κ3) is 1.65. The van der Waals surface area contributed by atoms with Gasteiger partial charge < -0.3 is 4.57 Å². The predicted molar refractivity (Wildman–Crippen MR) is 58.3 cm³/mol. The molecule has 0 saturated heterocycles. The van der Waals surface area contributed by atoms with Gasteiger partial charge >= 0.3 is 0 Å². The van der Waals surface area contributed by atoms with Gasteiger partial charge in [0.15, 0.2) is 0 Å². The lowest BCUT2D eigenvalue weighted by Crippen LogP contribution is -1.99. The number of azide groups is 1. The van der Waals surface area contributed by atoms with E-state index in [4.69, 9.17) is 5.53 Å². The molecule has 0 bridgehead atoms. The standard InChI is InChI=1S/C10H11N5/c1-2-15-9-6-4-3-5-8(9)13-10(15)7-12-14-11/h3-6H,2,7H2,1H3. The number of hydrogen-bond donors (Lipinski definition) is 0. The van der Waals surface area contributed by atoms with Gasteiger partial charge in [0.25, 0.3) is 0 Å². The van der Waals surface area contributed by atoms with Gasteiger partial charge in [-0.1, -0.05) is 17.2 Å². The lowest BCUT2D eigenvalue weighted by Gasteiger charge is -2.02. The van der Waals surface area contributed by atoms with Gasteiger partial charge in [0.2, 0.25) is 0 Å². The van der Waals surface area contributed by atoms with Crippen molar-refractivity contribution in [1.29, 1.82) is 0 Å². The van der Waals surface area contributed by atoms with Gasteiger partial charge in [-0.2, -0.15) is 0 Å². The quantitative estimate of drug-likeness (QED) is 0.427. The van der Waals surface area contributed by atoms with Crippen molar-refractivity contribution in [3.8, 4) is 0 Å². The van der Waals surface area contributed by atoms with Crippen molar-refractivity contribution in [3.63, 3.8) is 0 Å². The van der Waals surface area contributed by atoms with Crippen molar-refractivity contribution >= 4 is 11.0 Å². The molecule has 0 aliphatic heterocycles. The first-order valence-electron chi connectivity index (χ1n) is 4.81. The Kier molecular flexibility index (Phi) is 2.56. The number of rotatable bonds is 3. The van der Waals surface area contributed by atoms with E-state index in [-0.39, 0.29) is 0 Å². The minimum atomic E-state index is 0.305. The van der Waals surface area contributed by atoms with Crippen LogP contribution in [-0.2, 0) is 13.1 Å². The molecule has 0 fully saturated rings. The number of hydrogen-bond acceptors (Lipinski definition) is 2. The fraction of sp³-hybridized carbons (Fsp3) is 0.300. The average Bonchev–Trinajstić information content (AvgIpc) is 2.63. The summed E-state index contributed by atoms with van der Waals surface area (Å²) in [6, 6.07) is 7.91. The molecule has 0 aliphatic rings. The second-order valence-electron chi connectivity index (χ2n) is 3.15. The largest absolute Gasteiger partial charge is 0.328 e. The van der Waals surface area contributed by atoms with Crippen molar-refractivity contribution in [2.24, 2.45) is 5.11 Å². The summed E-state index contributed by atoms with van der Waals surface area (Å²) >= 11 is 0. The van der Waals surface area contributed by atoms with E-state index in [1.807, 2.05) is 31.2 Å². The van der Waals surface area contributed by atoms with Crippen LogP contribution in [0.2, 0.25) is 0 Å². The molecule has 0 unspecified atom stereocenters. The molecule has 1 heterocycles. The Labute approximate surface area is 87.0 Å². The summed E-state index contributed by atoms with van der Waals surface area (Å²) in [6.07, 6.45) is 0. The number of benzene rings is 1. The fourth-order valence-electron chi connectivity index (χ4n) is 1.69. The van der Waals surface area contributed by atoms with E-state index in [2.05, 4.69) is 19.6 Å². The number of nitrogens with zero attached hydrogens (tertiary/aromatic N) is 5. The number of aryl methyl sites for hydroxylation is 1. The van der Waals surface area contributed by atoms with Crippen LogP contribution in [-0.4, -0.2) is 9.55 Å². The van der Waals surface area contributed by atoms with Gasteiger partial charge in [-0.3, -0.25) is 0 Å². The minimum Gasteiger partial charge on any atom is -0.328 e. The van der Waals surface area contributed by atoms with Gasteiger partial charge in [0.1, 0.15) is 5.82 Å². The molecule has 5 heteroatoms. The zero-order valence-corrected chi connectivity index (χ0v) is 8.46. The molecule has 0 saturated carbocycles. The second-order valence-corrected chi connectivity index (χ2v) is 3.15. The maximum Gasteiger partial charge on any atom is 0.115 e. The van der Waals surface area contributed by atoms with E-state index in [0.29, 0.717) is 6.54 Å². The minimum absolute atomic E-state index is 0.305. The third-order valence-corrected chi connectivity index (χ3v) is 2.33. The van der Waals surface area contributed by atoms with Crippen molar-refractivity contribution in [2.45, 2.75) is 20.0 Å². The molecule has 76 valence electrons. The maximum atomic E-state index is 8.29. The van der Waals surface area contributed by atoms with Crippen molar-refractivity contribution in [2.75, 3.05) is 0 Å². The molecule has 2 rings (SSSR count).